The largest absolute Gasteiger partial charge is 0.495 e. The molecule has 0 atom stereocenters. The summed E-state index contributed by atoms with van der Waals surface area (Å²) in [5, 5.41) is 12.0. The summed E-state index contributed by atoms with van der Waals surface area (Å²) in [4.78, 5) is 0. The van der Waals surface area contributed by atoms with E-state index in [1.54, 1.807) is 26.4 Å². The van der Waals surface area contributed by atoms with Gasteiger partial charge in [-0.2, -0.15) is 0 Å². The molecule has 1 aromatic heterocycles. The topological polar surface area (TPSA) is 56.3 Å². The molecule has 8 heteroatoms. The fourth-order valence-electron chi connectivity index (χ4n) is 1.33. The van der Waals surface area contributed by atoms with Crippen molar-refractivity contribution in [1.82, 2.24) is 10.2 Å². The number of halogens is 2. The average Bonchev–Trinajstić information content (AvgIpc) is 2.76. The van der Waals surface area contributed by atoms with Gasteiger partial charge >= 0.3 is 0 Å². The van der Waals surface area contributed by atoms with Crippen molar-refractivity contribution >= 4 is 49.7 Å². The van der Waals surface area contributed by atoms with Crippen molar-refractivity contribution in [2.45, 2.75) is 0 Å². The number of benzene rings is 1. The number of nitrogens with one attached hydrogen (secondary N) is 1. The smallest absolute Gasteiger partial charge is 0.211 e. The Labute approximate surface area is 121 Å². The summed E-state index contributed by atoms with van der Waals surface area (Å²) in [5.41, 5.74) is 0.711. The molecular formula is C10H9BrClN3O2S. The molecule has 0 bridgehead atoms. The van der Waals surface area contributed by atoms with Gasteiger partial charge in [0.15, 0.2) is 3.92 Å². The maximum Gasteiger partial charge on any atom is 0.211 e. The van der Waals surface area contributed by atoms with E-state index in [-0.39, 0.29) is 0 Å². The van der Waals surface area contributed by atoms with Crippen molar-refractivity contribution in [2.75, 3.05) is 19.5 Å². The molecule has 2 rings (SSSR count). The van der Waals surface area contributed by atoms with E-state index in [2.05, 4.69) is 31.4 Å². The van der Waals surface area contributed by atoms with E-state index in [4.69, 9.17) is 21.1 Å². The molecule has 0 fully saturated rings. The van der Waals surface area contributed by atoms with Gasteiger partial charge in [-0.3, -0.25) is 0 Å². The van der Waals surface area contributed by atoms with Crippen LogP contribution >= 0.6 is 38.9 Å². The van der Waals surface area contributed by atoms with E-state index in [1.165, 1.54) is 11.3 Å². The monoisotopic (exact) mass is 349 g/mol. The Morgan fingerprint density at radius 1 is 1.22 bits per heavy atom. The Hall–Kier alpha value is -1.05. The minimum absolute atomic E-state index is 0.485. The minimum Gasteiger partial charge on any atom is -0.495 e. The van der Waals surface area contributed by atoms with Gasteiger partial charge in [-0.05, 0) is 15.9 Å². The van der Waals surface area contributed by atoms with Crippen LogP contribution in [0.25, 0.3) is 0 Å². The zero-order valence-electron chi connectivity index (χ0n) is 9.53. The van der Waals surface area contributed by atoms with Gasteiger partial charge in [-0.25, -0.2) is 0 Å². The first-order chi connectivity index (χ1) is 8.63. The molecule has 0 saturated carbocycles. The Bertz CT molecular complexity index is 564. The van der Waals surface area contributed by atoms with Gasteiger partial charge in [-0.1, -0.05) is 22.9 Å². The molecule has 2 aromatic rings. The zero-order valence-corrected chi connectivity index (χ0v) is 12.7. The van der Waals surface area contributed by atoms with Crippen molar-refractivity contribution in [3.8, 4) is 11.5 Å². The Balaban J connectivity index is 2.36. The molecule has 1 heterocycles. The van der Waals surface area contributed by atoms with Gasteiger partial charge in [0.25, 0.3) is 0 Å². The Morgan fingerprint density at radius 2 is 1.94 bits per heavy atom. The molecule has 0 aliphatic carbocycles. The standard InChI is InChI=1S/C10H9BrClN3O2S/c1-16-7-4-6(8(17-2)3-5(7)12)13-10-15-14-9(11)18-10/h3-4H,1-2H3,(H,13,15). The van der Waals surface area contributed by atoms with E-state index < -0.39 is 0 Å². The molecule has 0 aliphatic heterocycles. The van der Waals surface area contributed by atoms with Gasteiger partial charge in [-0.15, -0.1) is 10.2 Å². The van der Waals surface area contributed by atoms with Crippen LogP contribution in [0.4, 0.5) is 10.8 Å². The normalized spacial score (nSPS) is 10.2. The first-order valence-electron chi connectivity index (χ1n) is 4.81. The third kappa shape index (κ3) is 2.85. The number of ether oxygens (including phenoxy) is 2. The summed E-state index contributed by atoms with van der Waals surface area (Å²) < 4.78 is 11.1. The van der Waals surface area contributed by atoms with Gasteiger partial charge in [0.05, 0.1) is 24.9 Å². The molecule has 5 nitrogen and oxygen atoms in total. The number of aromatic nitrogens is 2. The van der Waals surface area contributed by atoms with Crippen LogP contribution in [0.15, 0.2) is 16.0 Å². The molecule has 1 aromatic carbocycles. The lowest BCUT2D eigenvalue weighted by molar-refractivity contribution is 0.405. The van der Waals surface area contributed by atoms with Crippen molar-refractivity contribution in [3.63, 3.8) is 0 Å². The maximum absolute atomic E-state index is 6.02. The molecule has 0 radical (unpaired) electrons. The number of nitrogens with zero attached hydrogens (tertiary/aromatic N) is 2. The van der Waals surface area contributed by atoms with Gasteiger partial charge in [0.2, 0.25) is 5.13 Å². The zero-order chi connectivity index (χ0) is 13.1. The highest BCUT2D eigenvalue weighted by Gasteiger charge is 2.11. The predicted octanol–water partition coefficient (Wildman–Crippen LogP) is 3.71. The lowest BCUT2D eigenvalue weighted by atomic mass is 10.2. The van der Waals surface area contributed by atoms with Crippen LogP contribution in [0.2, 0.25) is 5.02 Å². The average molecular weight is 351 g/mol. The fourth-order valence-corrected chi connectivity index (χ4v) is 2.58. The number of hydrogen-bond donors (Lipinski definition) is 1. The summed E-state index contributed by atoms with van der Waals surface area (Å²) in [6.07, 6.45) is 0. The van der Waals surface area contributed by atoms with Crippen LogP contribution in [-0.2, 0) is 0 Å². The molecular weight excluding hydrogens is 342 g/mol. The van der Waals surface area contributed by atoms with Crippen molar-refractivity contribution in [2.24, 2.45) is 0 Å². The van der Waals surface area contributed by atoms with Crippen LogP contribution < -0.4 is 14.8 Å². The lowest BCUT2D eigenvalue weighted by Gasteiger charge is -2.12. The summed E-state index contributed by atoms with van der Waals surface area (Å²) in [6.45, 7) is 0. The number of hydrogen-bond acceptors (Lipinski definition) is 6. The second-order valence-electron chi connectivity index (χ2n) is 3.17. The third-order valence-electron chi connectivity index (χ3n) is 2.12. The summed E-state index contributed by atoms with van der Waals surface area (Å²) in [7, 11) is 3.12. The predicted molar refractivity (Wildman–Crippen MR) is 75.4 cm³/mol. The van der Waals surface area contributed by atoms with Crippen molar-refractivity contribution in [3.05, 3.63) is 21.1 Å². The number of methoxy groups -OCH3 is 2. The summed E-state index contributed by atoms with van der Waals surface area (Å²) in [5.74, 6) is 1.16. The van der Waals surface area contributed by atoms with Crippen LogP contribution in [0.1, 0.15) is 0 Å². The quantitative estimate of drug-likeness (QED) is 0.911. The van der Waals surface area contributed by atoms with E-state index in [0.29, 0.717) is 31.3 Å². The van der Waals surface area contributed by atoms with E-state index in [9.17, 15) is 0 Å². The van der Waals surface area contributed by atoms with Crippen LogP contribution in [0.5, 0.6) is 11.5 Å². The first kappa shape index (κ1) is 13.4. The lowest BCUT2D eigenvalue weighted by Crippen LogP contribution is -1.96. The van der Waals surface area contributed by atoms with Gasteiger partial charge in [0, 0.05) is 12.1 Å². The number of rotatable bonds is 4. The highest BCUT2D eigenvalue weighted by Crippen LogP contribution is 2.37. The summed E-state index contributed by atoms with van der Waals surface area (Å²) in [6, 6.07) is 3.43. The third-order valence-corrected chi connectivity index (χ3v) is 3.68. The molecule has 0 unspecified atom stereocenters. The molecule has 18 heavy (non-hydrogen) atoms. The van der Waals surface area contributed by atoms with Crippen LogP contribution in [0.3, 0.4) is 0 Å². The van der Waals surface area contributed by atoms with Crippen molar-refractivity contribution < 1.29 is 9.47 Å². The molecule has 0 spiro atoms. The highest BCUT2D eigenvalue weighted by atomic mass is 79.9. The maximum atomic E-state index is 6.02. The van der Waals surface area contributed by atoms with E-state index in [1.807, 2.05) is 0 Å². The summed E-state index contributed by atoms with van der Waals surface area (Å²) >= 11 is 10.6. The molecule has 96 valence electrons. The number of anilines is 2. The molecule has 0 aliphatic rings. The fraction of sp³-hybridized carbons (Fsp3) is 0.200. The molecule has 0 amide bonds. The highest BCUT2D eigenvalue weighted by molar-refractivity contribution is 9.11. The second-order valence-corrected chi connectivity index (χ2v) is 5.83. The molecule has 1 N–H and O–H groups in total. The van der Waals surface area contributed by atoms with Gasteiger partial charge in [0.1, 0.15) is 11.5 Å². The van der Waals surface area contributed by atoms with Crippen LogP contribution in [-0.4, -0.2) is 24.4 Å². The second kappa shape index (κ2) is 5.73. The van der Waals surface area contributed by atoms with E-state index >= 15 is 0 Å². The van der Waals surface area contributed by atoms with Crippen molar-refractivity contribution in [1.29, 1.82) is 0 Å². The molecule has 0 saturated heterocycles. The Morgan fingerprint density at radius 3 is 2.50 bits per heavy atom. The minimum atomic E-state index is 0.485. The SMILES string of the molecule is COc1cc(Nc2nnc(Br)s2)c(OC)cc1Cl. The van der Waals surface area contributed by atoms with Gasteiger partial charge < -0.3 is 14.8 Å². The Kier molecular flexibility index (Phi) is 4.26. The van der Waals surface area contributed by atoms with E-state index in [0.717, 1.165) is 0 Å². The van der Waals surface area contributed by atoms with Crippen LogP contribution in [0, 0.1) is 0 Å². The first-order valence-corrected chi connectivity index (χ1v) is 6.80.